The van der Waals surface area contributed by atoms with Crippen LogP contribution in [0.4, 0.5) is 10.8 Å². The molecule has 0 bridgehead atoms. The van der Waals surface area contributed by atoms with Crippen LogP contribution in [0, 0.1) is 0 Å². The lowest BCUT2D eigenvalue weighted by molar-refractivity contribution is 0.102. The third-order valence-electron chi connectivity index (χ3n) is 3.21. The van der Waals surface area contributed by atoms with Gasteiger partial charge in [-0.1, -0.05) is 6.07 Å². The van der Waals surface area contributed by atoms with Crippen LogP contribution in [0.5, 0.6) is 0 Å². The SMILES string of the molecule is Cl.Nc1cccc(C(=O)Nc2nc3c(s2)CCCC3)c1. The fraction of sp³-hybridized carbons (Fsp3) is 0.286. The Morgan fingerprint density at radius 1 is 1.30 bits per heavy atom. The molecule has 106 valence electrons. The second kappa shape index (κ2) is 6.24. The number of aryl methyl sites for hydroxylation is 2. The molecule has 1 heterocycles. The van der Waals surface area contributed by atoms with Crippen molar-refractivity contribution < 1.29 is 4.79 Å². The second-order valence-electron chi connectivity index (χ2n) is 4.68. The number of amides is 1. The Labute approximate surface area is 127 Å². The number of halogens is 1. The smallest absolute Gasteiger partial charge is 0.257 e. The van der Waals surface area contributed by atoms with E-state index in [4.69, 9.17) is 5.73 Å². The molecule has 1 aliphatic carbocycles. The monoisotopic (exact) mass is 309 g/mol. The van der Waals surface area contributed by atoms with Gasteiger partial charge in [-0.2, -0.15) is 0 Å². The van der Waals surface area contributed by atoms with Crippen LogP contribution in [0.3, 0.4) is 0 Å². The Morgan fingerprint density at radius 2 is 2.10 bits per heavy atom. The predicted molar refractivity (Wildman–Crippen MR) is 84.8 cm³/mol. The molecule has 0 spiro atoms. The lowest BCUT2D eigenvalue weighted by Gasteiger charge is -2.06. The first kappa shape index (κ1) is 14.8. The van der Waals surface area contributed by atoms with E-state index in [-0.39, 0.29) is 18.3 Å². The summed E-state index contributed by atoms with van der Waals surface area (Å²) < 4.78 is 0. The average molecular weight is 310 g/mol. The number of hydrogen-bond acceptors (Lipinski definition) is 4. The summed E-state index contributed by atoms with van der Waals surface area (Å²) in [5.41, 5.74) is 7.98. The summed E-state index contributed by atoms with van der Waals surface area (Å²) in [4.78, 5) is 17.9. The molecular weight excluding hydrogens is 294 g/mol. The van der Waals surface area contributed by atoms with Gasteiger partial charge in [0.05, 0.1) is 5.69 Å². The number of nitrogens with two attached hydrogens (primary N) is 1. The number of thiazole rings is 1. The van der Waals surface area contributed by atoms with E-state index >= 15 is 0 Å². The van der Waals surface area contributed by atoms with Gasteiger partial charge in [0.15, 0.2) is 5.13 Å². The topological polar surface area (TPSA) is 68.0 Å². The van der Waals surface area contributed by atoms with Crippen LogP contribution in [0.15, 0.2) is 24.3 Å². The van der Waals surface area contributed by atoms with Crippen LogP contribution < -0.4 is 11.1 Å². The third-order valence-corrected chi connectivity index (χ3v) is 4.29. The zero-order chi connectivity index (χ0) is 13.2. The first-order chi connectivity index (χ1) is 9.22. The van der Waals surface area contributed by atoms with E-state index in [0.29, 0.717) is 16.4 Å². The molecule has 1 aromatic carbocycles. The van der Waals surface area contributed by atoms with Crippen molar-refractivity contribution >= 4 is 40.5 Å². The van der Waals surface area contributed by atoms with Gasteiger partial charge in [0.25, 0.3) is 5.91 Å². The number of benzene rings is 1. The lowest BCUT2D eigenvalue weighted by atomic mass is 10.0. The summed E-state index contributed by atoms with van der Waals surface area (Å²) in [5.74, 6) is -0.154. The maximum absolute atomic E-state index is 12.1. The Kier molecular flexibility index (Phi) is 4.62. The molecule has 0 saturated carbocycles. The van der Waals surface area contributed by atoms with Gasteiger partial charge in [-0.25, -0.2) is 4.98 Å². The summed E-state index contributed by atoms with van der Waals surface area (Å²) in [6.45, 7) is 0. The number of anilines is 2. The van der Waals surface area contributed by atoms with Gasteiger partial charge in [-0.3, -0.25) is 10.1 Å². The van der Waals surface area contributed by atoms with Crippen molar-refractivity contribution in [3.63, 3.8) is 0 Å². The van der Waals surface area contributed by atoms with Gasteiger partial charge in [0.1, 0.15) is 0 Å². The number of carbonyl (C=O) groups excluding carboxylic acids is 1. The van der Waals surface area contributed by atoms with Crippen LogP contribution in [-0.4, -0.2) is 10.9 Å². The lowest BCUT2D eigenvalue weighted by Crippen LogP contribution is -2.12. The summed E-state index contributed by atoms with van der Waals surface area (Å²) >= 11 is 1.59. The van der Waals surface area contributed by atoms with Gasteiger partial charge in [0, 0.05) is 16.1 Å². The molecule has 0 fully saturated rings. The van der Waals surface area contributed by atoms with Crippen LogP contribution in [0.1, 0.15) is 33.8 Å². The molecule has 0 radical (unpaired) electrons. The van der Waals surface area contributed by atoms with Crippen molar-refractivity contribution in [1.29, 1.82) is 0 Å². The molecule has 0 unspecified atom stereocenters. The molecule has 1 amide bonds. The van der Waals surface area contributed by atoms with Crippen LogP contribution >= 0.6 is 23.7 Å². The Morgan fingerprint density at radius 3 is 2.85 bits per heavy atom. The second-order valence-corrected chi connectivity index (χ2v) is 5.76. The Bertz CT molecular complexity index is 603. The average Bonchev–Trinajstić information content (AvgIpc) is 2.80. The normalized spacial score (nSPS) is 13.2. The summed E-state index contributed by atoms with van der Waals surface area (Å²) in [6.07, 6.45) is 4.53. The van der Waals surface area contributed by atoms with Gasteiger partial charge >= 0.3 is 0 Å². The molecule has 3 rings (SSSR count). The van der Waals surface area contributed by atoms with E-state index in [0.717, 1.165) is 18.5 Å². The van der Waals surface area contributed by atoms with Gasteiger partial charge < -0.3 is 5.73 Å². The number of aromatic nitrogens is 1. The molecule has 6 heteroatoms. The summed E-state index contributed by atoms with van der Waals surface area (Å²) in [7, 11) is 0. The first-order valence-electron chi connectivity index (χ1n) is 6.38. The molecule has 0 aliphatic heterocycles. The minimum atomic E-state index is -0.154. The fourth-order valence-corrected chi connectivity index (χ4v) is 3.30. The quantitative estimate of drug-likeness (QED) is 0.837. The number of carbonyl (C=O) groups is 1. The molecule has 0 saturated heterocycles. The highest BCUT2D eigenvalue weighted by molar-refractivity contribution is 7.15. The number of nitrogen functional groups attached to an aromatic ring is 1. The van der Waals surface area contributed by atoms with Gasteiger partial charge in [-0.15, -0.1) is 23.7 Å². The minimum Gasteiger partial charge on any atom is -0.399 e. The molecule has 3 N–H and O–H groups in total. The van der Waals surface area contributed by atoms with Gasteiger partial charge in [-0.05, 0) is 43.9 Å². The maximum atomic E-state index is 12.1. The number of nitrogens with one attached hydrogen (secondary N) is 1. The van der Waals surface area contributed by atoms with E-state index in [1.807, 2.05) is 0 Å². The van der Waals surface area contributed by atoms with Crippen LogP contribution in [0.2, 0.25) is 0 Å². The first-order valence-corrected chi connectivity index (χ1v) is 7.19. The molecule has 2 aromatic rings. The van der Waals surface area contributed by atoms with Crippen LogP contribution in [0.25, 0.3) is 0 Å². The largest absolute Gasteiger partial charge is 0.399 e. The summed E-state index contributed by atoms with van der Waals surface area (Å²) in [5, 5.41) is 3.55. The molecular formula is C14H16ClN3OS. The fourth-order valence-electron chi connectivity index (χ4n) is 2.25. The van der Waals surface area contributed by atoms with E-state index < -0.39 is 0 Å². The van der Waals surface area contributed by atoms with Crippen molar-refractivity contribution in [2.45, 2.75) is 25.7 Å². The molecule has 20 heavy (non-hydrogen) atoms. The molecule has 0 atom stereocenters. The van der Waals surface area contributed by atoms with Crippen molar-refractivity contribution in [3.05, 3.63) is 40.4 Å². The minimum absolute atomic E-state index is 0. The maximum Gasteiger partial charge on any atom is 0.257 e. The number of nitrogens with zero attached hydrogens (tertiary/aromatic N) is 1. The van der Waals surface area contributed by atoms with E-state index in [1.165, 1.54) is 17.7 Å². The van der Waals surface area contributed by atoms with E-state index in [2.05, 4.69) is 10.3 Å². The van der Waals surface area contributed by atoms with E-state index in [9.17, 15) is 4.79 Å². The highest BCUT2D eigenvalue weighted by Gasteiger charge is 2.16. The van der Waals surface area contributed by atoms with Gasteiger partial charge in [0.2, 0.25) is 0 Å². The van der Waals surface area contributed by atoms with Crippen molar-refractivity contribution in [3.8, 4) is 0 Å². The Hall–Kier alpha value is -1.59. The summed E-state index contributed by atoms with van der Waals surface area (Å²) in [6, 6.07) is 6.96. The standard InChI is InChI=1S/C14H15N3OS.ClH/c15-10-5-3-4-9(8-10)13(18)17-14-16-11-6-1-2-7-12(11)19-14;/h3-5,8H,1-2,6-7,15H2,(H,16,17,18);1H. The van der Waals surface area contributed by atoms with Crippen molar-refractivity contribution in [2.75, 3.05) is 11.1 Å². The molecule has 1 aliphatic rings. The highest BCUT2D eigenvalue weighted by Crippen LogP contribution is 2.29. The van der Waals surface area contributed by atoms with Crippen molar-refractivity contribution in [2.24, 2.45) is 0 Å². The zero-order valence-electron chi connectivity index (χ0n) is 10.9. The van der Waals surface area contributed by atoms with Crippen molar-refractivity contribution in [1.82, 2.24) is 4.98 Å². The Balaban J connectivity index is 0.00000147. The number of rotatable bonds is 2. The molecule has 4 nitrogen and oxygen atoms in total. The van der Waals surface area contributed by atoms with E-state index in [1.54, 1.807) is 35.6 Å². The molecule has 1 aromatic heterocycles. The zero-order valence-corrected chi connectivity index (χ0v) is 12.5. The third kappa shape index (κ3) is 3.11. The predicted octanol–water partition coefficient (Wildman–Crippen LogP) is 3.28. The number of fused-ring (bicyclic) bond motifs is 1. The van der Waals surface area contributed by atoms with Crippen LogP contribution in [-0.2, 0) is 12.8 Å². The number of hydrogen-bond donors (Lipinski definition) is 2. The highest BCUT2D eigenvalue weighted by atomic mass is 35.5.